The molecule has 0 amide bonds. The molecule has 8 heteroatoms. The molecule has 30 heavy (non-hydrogen) atoms. The van der Waals surface area contributed by atoms with Crippen LogP contribution >= 0.6 is 11.3 Å². The van der Waals surface area contributed by atoms with Gasteiger partial charge in [-0.15, -0.1) is 11.3 Å². The van der Waals surface area contributed by atoms with Gasteiger partial charge in [-0.25, -0.2) is 13.4 Å². The van der Waals surface area contributed by atoms with Crippen LogP contribution in [0.25, 0.3) is 4.96 Å². The largest absolute Gasteiger partial charge is 0.304 e. The van der Waals surface area contributed by atoms with Crippen molar-refractivity contribution in [1.29, 1.82) is 0 Å². The molecular formula is C22H35N3O3S2. The first-order valence-corrected chi connectivity index (χ1v) is 13.5. The highest BCUT2D eigenvalue weighted by atomic mass is 32.2. The number of nitrogens with zero attached hydrogens (tertiary/aromatic N) is 3. The zero-order chi connectivity index (χ0) is 22.3. The zero-order valence-corrected chi connectivity index (χ0v) is 20.8. The van der Waals surface area contributed by atoms with Crippen LogP contribution in [-0.2, 0) is 21.7 Å². The molecule has 0 bridgehead atoms. The lowest BCUT2D eigenvalue weighted by atomic mass is 9.67. The summed E-state index contributed by atoms with van der Waals surface area (Å²) >= 11 is 1.63. The standard InChI is InChI=1S/C22H35N3O3S2/c1-7-24(8-2)10-9-11-30(27,28)14-18(26)16-13-25-17-12-21(3,4)15-22(5,6)19(17)29-20(25)23-16/h13H,7-12,14-15H2,1-6H3. The molecule has 3 rings (SSSR count). The molecule has 0 saturated heterocycles. The normalized spacial score (nSPS) is 18.1. The van der Waals surface area contributed by atoms with E-state index in [1.807, 2.05) is 4.40 Å². The molecule has 0 atom stereocenters. The molecule has 0 saturated carbocycles. The monoisotopic (exact) mass is 453 g/mol. The van der Waals surface area contributed by atoms with Crippen molar-refractivity contribution >= 4 is 31.9 Å². The number of fused-ring (bicyclic) bond motifs is 3. The minimum Gasteiger partial charge on any atom is -0.304 e. The number of hydrogen-bond acceptors (Lipinski definition) is 6. The fourth-order valence-corrected chi connectivity index (χ4v) is 7.39. The van der Waals surface area contributed by atoms with Crippen molar-refractivity contribution in [2.45, 2.75) is 66.2 Å². The summed E-state index contributed by atoms with van der Waals surface area (Å²) in [6.07, 6.45) is 4.33. The van der Waals surface area contributed by atoms with Gasteiger partial charge in [0.25, 0.3) is 0 Å². The van der Waals surface area contributed by atoms with E-state index in [1.165, 1.54) is 10.6 Å². The SMILES string of the molecule is CCN(CC)CCCS(=O)(=O)CC(=O)c1cn2c3c(sc2n1)C(C)(C)CC(C)(C)C3. The summed E-state index contributed by atoms with van der Waals surface area (Å²) in [5.74, 6) is -0.832. The van der Waals surface area contributed by atoms with Crippen LogP contribution in [0.5, 0.6) is 0 Å². The molecule has 0 fully saturated rings. The number of hydrogen-bond donors (Lipinski definition) is 0. The van der Waals surface area contributed by atoms with Gasteiger partial charge in [-0.05, 0) is 44.3 Å². The van der Waals surface area contributed by atoms with Crippen molar-refractivity contribution in [2.75, 3.05) is 31.1 Å². The highest BCUT2D eigenvalue weighted by Gasteiger charge is 2.40. The van der Waals surface area contributed by atoms with Crippen molar-refractivity contribution in [1.82, 2.24) is 14.3 Å². The molecular weight excluding hydrogens is 418 g/mol. The maximum Gasteiger partial charge on any atom is 0.197 e. The summed E-state index contributed by atoms with van der Waals surface area (Å²) in [5, 5.41) is 0. The average Bonchev–Trinajstić information content (AvgIpc) is 3.16. The number of rotatable bonds is 9. The van der Waals surface area contributed by atoms with Crippen molar-refractivity contribution < 1.29 is 13.2 Å². The van der Waals surface area contributed by atoms with Crippen molar-refractivity contribution in [3.05, 3.63) is 22.5 Å². The van der Waals surface area contributed by atoms with Crippen LogP contribution in [0.15, 0.2) is 6.20 Å². The molecule has 0 aromatic carbocycles. The zero-order valence-electron chi connectivity index (χ0n) is 19.1. The maximum absolute atomic E-state index is 12.7. The molecule has 2 aromatic heterocycles. The number of Topliss-reactive ketones (excluding diaryl/α,β-unsaturated/α-hetero) is 1. The topological polar surface area (TPSA) is 71.8 Å². The maximum atomic E-state index is 12.7. The van der Waals surface area contributed by atoms with E-state index in [2.05, 4.69) is 51.4 Å². The lowest BCUT2D eigenvalue weighted by molar-refractivity contribution is 0.101. The summed E-state index contributed by atoms with van der Waals surface area (Å²) in [7, 11) is -3.44. The molecule has 2 aromatic rings. The van der Waals surface area contributed by atoms with Crippen LogP contribution < -0.4 is 0 Å². The van der Waals surface area contributed by atoms with Crippen molar-refractivity contribution in [3.8, 4) is 0 Å². The average molecular weight is 454 g/mol. The van der Waals surface area contributed by atoms with Gasteiger partial charge in [-0.1, -0.05) is 41.5 Å². The third-order valence-electron chi connectivity index (χ3n) is 6.06. The van der Waals surface area contributed by atoms with Gasteiger partial charge in [-0.2, -0.15) is 0 Å². The number of thiazole rings is 1. The molecule has 0 N–H and O–H groups in total. The summed E-state index contributed by atoms with van der Waals surface area (Å²) in [5.41, 5.74) is 1.72. The molecule has 0 spiro atoms. The Morgan fingerprint density at radius 2 is 1.90 bits per heavy atom. The number of imidazole rings is 1. The number of carbonyl (C=O) groups is 1. The van der Waals surface area contributed by atoms with Crippen LogP contribution in [0.2, 0.25) is 0 Å². The minimum absolute atomic E-state index is 0.0369. The fourth-order valence-electron chi connectivity index (χ4n) is 4.90. The Morgan fingerprint density at radius 3 is 2.53 bits per heavy atom. The number of ketones is 1. The van der Waals surface area contributed by atoms with Crippen LogP contribution in [0.1, 0.15) is 75.4 Å². The van der Waals surface area contributed by atoms with Gasteiger partial charge < -0.3 is 4.90 Å². The first kappa shape index (κ1) is 23.4. The van der Waals surface area contributed by atoms with Crippen LogP contribution in [-0.4, -0.2) is 59.6 Å². The van der Waals surface area contributed by atoms with Gasteiger partial charge in [-0.3, -0.25) is 9.20 Å². The first-order chi connectivity index (χ1) is 13.9. The lowest BCUT2D eigenvalue weighted by Gasteiger charge is -2.40. The predicted molar refractivity (Wildman–Crippen MR) is 124 cm³/mol. The second-order valence-corrected chi connectivity index (χ2v) is 13.1. The van der Waals surface area contributed by atoms with E-state index in [0.717, 1.165) is 37.4 Å². The summed E-state index contributed by atoms with van der Waals surface area (Å²) < 4.78 is 26.9. The fraction of sp³-hybridized carbons (Fsp3) is 0.727. The predicted octanol–water partition coefficient (Wildman–Crippen LogP) is 3.98. The van der Waals surface area contributed by atoms with E-state index in [0.29, 0.717) is 6.42 Å². The van der Waals surface area contributed by atoms with Gasteiger partial charge in [0, 0.05) is 22.2 Å². The van der Waals surface area contributed by atoms with Crippen LogP contribution in [0.4, 0.5) is 0 Å². The van der Waals surface area contributed by atoms with Crippen molar-refractivity contribution in [3.63, 3.8) is 0 Å². The number of aromatic nitrogens is 2. The molecule has 1 aliphatic rings. The van der Waals surface area contributed by atoms with E-state index in [9.17, 15) is 13.2 Å². The summed E-state index contributed by atoms with van der Waals surface area (Å²) in [6, 6.07) is 0. The second-order valence-electron chi connectivity index (χ2n) is 9.95. The van der Waals surface area contributed by atoms with E-state index < -0.39 is 21.4 Å². The molecule has 0 unspecified atom stereocenters. The van der Waals surface area contributed by atoms with Crippen LogP contribution in [0, 0.1) is 5.41 Å². The smallest absolute Gasteiger partial charge is 0.197 e. The molecule has 6 nitrogen and oxygen atoms in total. The van der Waals surface area contributed by atoms with Crippen LogP contribution in [0.3, 0.4) is 0 Å². The van der Waals surface area contributed by atoms with Gasteiger partial charge in [0.05, 0.1) is 5.75 Å². The lowest BCUT2D eigenvalue weighted by Crippen LogP contribution is -2.34. The quantitative estimate of drug-likeness (QED) is 0.537. The van der Waals surface area contributed by atoms with Crippen molar-refractivity contribution in [2.24, 2.45) is 5.41 Å². The molecule has 0 radical (unpaired) electrons. The minimum atomic E-state index is -3.44. The molecule has 2 heterocycles. The highest BCUT2D eigenvalue weighted by molar-refractivity contribution is 7.92. The summed E-state index contributed by atoms with van der Waals surface area (Å²) in [6.45, 7) is 15.7. The van der Waals surface area contributed by atoms with Gasteiger partial charge >= 0.3 is 0 Å². The van der Waals surface area contributed by atoms with Gasteiger partial charge in [0.15, 0.2) is 20.6 Å². The van der Waals surface area contributed by atoms with Gasteiger partial charge in [0.1, 0.15) is 11.4 Å². The second kappa shape index (κ2) is 8.36. The Morgan fingerprint density at radius 1 is 1.23 bits per heavy atom. The Bertz CT molecular complexity index is 1030. The van der Waals surface area contributed by atoms with E-state index in [-0.39, 0.29) is 22.3 Å². The number of carbonyl (C=O) groups excluding carboxylic acids is 1. The Labute approximate surface area is 184 Å². The van der Waals surface area contributed by atoms with E-state index in [4.69, 9.17) is 0 Å². The third kappa shape index (κ3) is 4.97. The Kier molecular flexibility index (Phi) is 6.52. The molecule has 1 aliphatic carbocycles. The van der Waals surface area contributed by atoms with Gasteiger partial charge in [0.2, 0.25) is 0 Å². The third-order valence-corrected chi connectivity index (χ3v) is 9.14. The molecule has 168 valence electrons. The van der Waals surface area contributed by atoms with E-state index in [1.54, 1.807) is 17.5 Å². The first-order valence-electron chi connectivity index (χ1n) is 10.8. The number of sulfone groups is 1. The Balaban J connectivity index is 1.75. The summed E-state index contributed by atoms with van der Waals surface area (Å²) in [4.78, 5) is 21.5. The molecule has 0 aliphatic heterocycles. The Hall–Kier alpha value is -1.25. The van der Waals surface area contributed by atoms with E-state index >= 15 is 0 Å². The highest BCUT2D eigenvalue weighted by Crippen LogP contribution is 2.48.